The van der Waals surface area contributed by atoms with Crippen molar-refractivity contribution in [3.63, 3.8) is 0 Å². The Morgan fingerprint density at radius 1 is 1.31 bits per heavy atom. The topological polar surface area (TPSA) is 44.9 Å². The number of guanidine groups is 1. The van der Waals surface area contributed by atoms with Crippen LogP contribution in [0.4, 0.5) is 0 Å². The summed E-state index contributed by atoms with van der Waals surface area (Å²) in [6, 6.07) is 0.703. The summed E-state index contributed by atoms with van der Waals surface area (Å²) < 4.78 is 0. The van der Waals surface area contributed by atoms with Crippen LogP contribution in [-0.4, -0.2) is 54.0 Å². The number of aliphatic imine (C=N–C) groups is 1. The maximum Gasteiger partial charge on any atom is 0.192 e. The highest BCUT2D eigenvalue weighted by atomic mass is 15.4. The smallest absolute Gasteiger partial charge is 0.192 e. The highest BCUT2D eigenvalue weighted by molar-refractivity contribution is 5.81. The summed E-state index contributed by atoms with van der Waals surface area (Å²) in [4.78, 5) is 9.43. The van der Waals surface area contributed by atoms with Crippen molar-refractivity contribution in [1.82, 2.24) is 9.80 Å². The van der Waals surface area contributed by atoms with Crippen molar-refractivity contribution in [2.24, 2.45) is 10.7 Å². The van der Waals surface area contributed by atoms with Gasteiger partial charge >= 0.3 is 0 Å². The molecule has 4 heteroatoms. The second kappa shape index (κ2) is 3.62. The molecule has 0 aromatic heterocycles. The van der Waals surface area contributed by atoms with Crippen molar-refractivity contribution in [2.45, 2.75) is 43.7 Å². The molecule has 1 aliphatic carbocycles. The molecule has 1 spiro atoms. The largest absolute Gasteiger partial charge is 0.370 e. The molecule has 1 unspecified atom stereocenters. The first-order chi connectivity index (χ1) is 7.71. The summed E-state index contributed by atoms with van der Waals surface area (Å²) in [6.07, 6.45) is 6.40. The molecule has 4 nitrogen and oxygen atoms in total. The van der Waals surface area contributed by atoms with Gasteiger partial charge in [0.2, 0.25) is 0 Å². The van der Waals surface area contributed by atoms with E-state index < -0.39 is 0 Å². The molecule has 0 bridgehead atoms. The molecule has 2 heterocycles. The van der Waals surface area contributed by atoms with Gasteiger partial charge in [0.05, 0.1) is 12.1 Å². The van der Waals surface area contributed by atoms with E-state index in [9.17, 15) is 0 Å². The molecule has 1 saturated heterocycles. The second-order valence-corrected chi connectivity index (χ2v) is 5.66. The van der Waals surface area contributed by atoms with E-state index in [1.807, 2.05) is 0 Å². The molecule has 0 radical (unpaired) electrons. The van der Waals surface area contributed by atoms with Crippen LogP contribution >= 0.6 is 0 Å². The van der Waals surface area contributed by atoms with Gasteiger partial charge in [-0.1, -0.05) is 0 Å². The lowest BCUT2D eigenvalue weighted by molar-refractivity contribution is 0.167. The third-order valence-electron chi connectivity index (χ3n) is 4.35. The molecule has 1 atom stereocenters. The molecule has 90 valence electrons. The molecule has 2 N–H and O–H groups in total. The van der Waals surface area contributed by atoms with Gasteiger partial charge in [0.1, 0.15) is 0 Å². The van der Waals surface area contributed by atoms with Crippen LogP contribution in [-0.2, 0) is 0 Å². The second-order valence-electron chi connectivity index (χ2n) is 5.66. The first kappa shape index (κ1) is 10.4. The van der Waals surface area contributed by atoms with Gasteiger partial charge in [-0.15, -0.1) is 0 Å². The van der Waals surface area contributed by atoms with Crippen molar-refractivity contribution in [2.75, 3.05) is 26.7 Å². The van der Waals surface area contributed by atoms with E-state index in [0.717, 1.165) is 12.5 Å². The summed E-state index contributed by atoms with van der Waals surface area (Å²) in [7, 11) is 2.22. The van der Waals surface area contributed by atoms with Gasteiger partial charge in [0.15, 0.2) is 5.96 Å². The summed E-state index contributed by atoms with van der Waals surface area (Å²) in [5.41, 5.74) is 6.35. The lowest BCUT2D eigenvalue weighted by atomic mass is 9.89. The van der Waals surface area contributed by atoms with Gasteiger partial charge in [-0.2, -0.15) is 0 Å². The molecule has 0 aromatic carbocycles. The Hall–Kier alpha value is -0.770. The normalized spacial score (nSPS) is 36.6. The standard InChI is InChI=1S/C12H22N4/c1-15-7-2-5-12(6-8-15)9-14-11(13)16(12)10-3-4-10/h10H,2-9H2,1H3,(H2,13,14). The number of nitrogens with two attached hydrogens (primary N) is 1. The highest BCUT2D eigenvalue weighted by Crippen LogP contribution is 2.40. The molecule has 2 aliphatic heterocycles. The van der Waals surface area contributed by atoms with Gasteiger partial charge in [-0.25, -0.2) is 0 Å². The Balaban J connectivity index is 1.81. The predicted octanol–water partition coefficient (Wildman–Crippen LogP) is 0.634. The minimum absolute atomic E-state index is 0.274. The van der Waals surface area contributed by atoms with E-state index in [2.05, 4.69) is 21.8 Å². The first-order valence-electron chi connectivity index (χ1n) is 6.49. The van der Waals surface area contributed by atoms with E-state index >= 15 is 0 Å². The third-order valence-corrected chi connectivity index (χ3v) is 4.35. The lowest BCUT2D eigenvalue weighted by Gasteiger charge is -2.39. The minimum Gasteiger partial charge on any atom is -0.370 e. The molecule has 3 aliphatic rings. The van der Waals surface area contributed by atoms with Gasteiger partial charge in [0, 0.05) is 12.6 Å². The SMILES string of the molecule is CN1CCCC2(CC1)CN=C(N)N2C1CC1. The maximum atomic E-state index is 6.07. The zero-order valence-corrected chi connectivity index (χ0v) is 10.2. The summed E-state index contributed by atoms with van der Waals surface area (Å²) >= 11 is 0. The number of rotatable bonds is 1. The van der Waals surface area contributed by atoms with Crippen LogP contribution in [0.15, 0.2) is 4.99 Å². The average Bonchev–Trinajstić information content (AvgIpc) is 3.04. The quantitative estimate of drug-likeness (QED) is 0.708. The molecule has 16 heavy (non-hydrogen) atoms. The molecule has 0 aromatic rings. The number of hydrogen-bond donors (Lipinski definition) is 1. The van der Waals surface area contributed by atoms with Crippen molar-refractivity contribution >= 4 is 5.96 Å². The molecule has 2 fully saturated rings. The molecule has 3 rings (SSSR count). The van der Waals surface area contributed by atoms with Crippen molar-refractivity contribution in [3.8, 4) is 0 Å². The third kappa shape index (κ3) is 1.59. The van der Waals surface area contributed by atoms with Crippen LogP contribution < -0.4 is 5.73 Å². The van der Waals surface area contributed by atoms with Crippen LogP contribution in [0.1, 0.15) is 32.1 Å². The predicted molar refractivity (Wildman–Crippen MR) is 65.4 cm³/mol. The molecular formula is C12H22N4. The van der Waals surface area contributed by atoms with E-state index in [1.165, 1.54) is 45.2 Å². The van der Waals surface area contributed by atoms with Crippen LogP contribution in [0.5, 0.6) is 0 Å². The zero-order chi connectivity index (χ0) is 11.2. The summed E-state index contributed by atoms with van der Waals surface area (Å²) in [5.74, 6) is 0.812. The van der Waals surface area contributed by atoms with Gasteiger partial charge < -0.3 is 15.5 Å². The lowest BCUT2D eigenvalue weighted by Crippen LogP contribution is -2.53. The molecule has 1 saturated carbocycles. The molecule has 0 amide bonds. The zero-order valence-electron chi connectivity index (χ0n) is 10.2. The van der Waals surface area contributed by atoms with Crippen LogP contribution in [0.2, 0.25) is 0 Å². The van der Waals surface area contributed by atoms with E-state index in [4.69, 9.17) is 5.73 Å². The van der Waals surface area contributed by atoms with E-state index in [0.29, 0.717) is 6.04 Å². The first-order valence-corrected chi connectivity index (χ1v) is 6.49. The Kier molecular flexibility index (Phi) is 2.35. The monoisotopic (exact) mass is 222 g/mol. The Morgan fingerprint density at radius 3 is 2.88 bits per heavy atom. The van der Waals surface area contributed by atoms with Gasteiger partial charge in [-0.3, -0.25) is 4.99 Å². The summed E-state index contributed by atoms with van der Waals surface area (Å²) in [6.45, 7) is 3.34. The minimum atomic E-state index is 0.274. The van der Waals surface area contributed by atoms with Gasteiger partial charge in [-0.05, 0) is 45.7 Å². The van der Waals surface area contributed by atoms with E-state index in [1.54, 1.807) is 0 Å². The Bertz CT molecular complexity index is 310. The van der Waals surface area contributed by atoms with E-state index in [-0.39, 0.29) is 5.54 Å². The number of likely N-dealkylation sites (tertiary alicyclic amines) is 1. The van der Waals surface area contributed by atoms with Crippen LogP contribution in [0.25, 0.3) is 0 Å². The molecular weight excluding hydrogens is 200 g/mol. The van der Waals surface area contributed by atoms with Crippen LogP contribution in [0, 0.1) is 0 Å². The van der Waals surface area contributed by atoms with Crippen LogP contribution in [0.3, 0.4) is 0 Å². The van der Waals surface area contributed by atoms with Crippen molar-refractivity contribution in [1.29, 1.82) is 0 Å². The van der Waals surface area contributed by atoms with Crippen molar-refractivity contribution in [3.05, 3.63) is 0 Å². The fourth-order valence-electron chi connectivity index (χ4n) is 3.24. The fraction of sp³-hybridized carbons (Fsp3) is 0.917. The fourth-order valence-corrected chi connectivity index (χ4v) is 3.24. The Morgan fingerprint density at radius 2 is 2.12 bits per heavy atom. The number of hydrogen-bond acceptors (Lipinski definition) is 4. The van der Waals surface area contributed by atoms with Gasteiger partial charge in [0.25, 0.3) is 0 Å². The summed E-state index contributed by atoms with van der Waals surface area (Å²) in [5, 5.41) is 0. The highest BCUT2D eigenvalue weighted by Gasteiger charge is 2.48. The average molecular weight is 222 g/mol. The van der Waals surface area contributed by atoms with Crippen molar-refractivity contribution < 1.29 is 0 Å². The maximum absolute atomic E-state index is 6.07. The Labute approximate surface area is 97.5 Å². The number of nitrogens with zero attached hydrogens (tertiary/aromatic N) is 3.